The van der Waals surface area contributed by atoms with E-state index in [-0.39, 0.29) is 19.8 Å². The van der Waals surface area contributed by atoms with Gasteiger partial charge in [0.2, 0.25) is 5.52 Å². The summed E-state index contributed by atoms with van der Waals surface area (Å²) in [6.07, 6.45) is 23.8. The molecule has 0 radical (unpaired) electrons. The van der Waals surface area contributed by atoms with Gasteiger partial charge in [0.05, 0.1) is 12.2 Å². The molecule has 1 fully saturated rings. The van der Waals surface area contributed by atoms with Crippen molar-refractivity contribution < 1.29 is 37.3 Å². The SMILES string of the molecule is CCCCCCCCCCCCCCCCCCNC(=O)OC[C@@]1(C)CC[C@@](C)(COP(=O)(O)OCC[n+]2cccc3ccccc32)O1. The Morgan fingerprint density at radius 1 is 0.812 bits per heavy atom. The Balaban J connectivity index is 1.17. The monoisotopic (exact) mass is 691 g/mol. The summed E-state index contributed by atoms with van der Waals surface area (Å²) in [5.74, 6) is 0. The number of benzene rings is 1. The molecular formula is C38H64N2O7P+. The van der Waals surface area contributed by atoms with Gasteiger partial charge in [0.15, 0.2) is 12.7 Å². The van der Waals surface area contributed by atoms with Crippen molar-refractivity contribution in [2.24, 2.45) is 0 Å². The predicted octanol–water partition coefficient (Wildman–Crippen LogP) is 9.58. The van der Waals surface area contributed by atoms with Crippen LogP contribution in [0.2, 0.25) is 0 Å². The summed E-state index contributed by atoms with van der Waals surface area (Å²) >= 11 is 0. The van der Waals surface area contributed by atoms with Crippen molar-refractivity contribution in [1.82, 2.24) is 5.32 Å². The molecule has 1 aliphatic heterocycles. The van der Waals surface area contributed by atoms with Gasteiger partial charge in [-0.1, -0.05) is 115 Å². The zero-order chi connectivity index (χ0) is 34.6. The van der Waals surface area contributed by atoms with Crippen LogP contribution in [0.4, 0.5) is 4.79 Å². The van der Waals surface area contributed by atoms with Gasteiger partial charge in [-0.15, -0.1) is 0 Å². The highest BCUT2D eigenvalue weighted by Gasteiger charge is 2.46. The summed E-state index contributed by atoms with van der Waals surface area (Å²) in [7, 11) is -4.28. The molecule has 0 saturated carbocycles. The van der Waals surface area contributed by atoms with Crippen LogP contribution in [0.25, 0.3) is 10.9 Å². The van der Waals surface area contributed by atoms with E-state index >= 15 is 0 Å². The second-order valence-electron chi connectivity index (χ2n) is 14.1. The molecule has 272 valence electrons. The maximum absolute atomic E-state index is 12.6. The number of para-hydroxylation sites is 1. The van der Waals surface area contributed by atoms with E-state index in [0.29, 0.717) is 25.9 Å². The largest absolute Gasteiger partial charge is 0.472 e. The molecule has 48 heavy (non-hydrogen) atoms. The van der Waals surface area contributed by atoms with Crippen LogP contribution in [0.1, 0.15) is 136 Å². The average Bonchev–Trinajstić information content (AvgIpc) is 3.39. The lowest BCUT2D eigenvalue weighted by Gasteiger charge is -2.30. The van der Waals surface area contributed by atoms with E-state index in [1.54, 1.807) is 0 Å². The van der Waals surface area contributed by atoms with E-state index in [1.165, 1.54) is 89.9 Å². The fourth-order valence-corrected chi connectivity index (χ4v) is 7.31. The number of rotatable bonds is 26. The summed E-state index contributed by atoms with van der Waals surface area (Å²) < 4.78 is 36.9. The molecule has 2 heterocycles. The molecule has 1 aliphatic rings. The summed E-state index contributed by atoms with van der Waals surface area (Å²) in [5.41, 5.74) is -0.483. The van der Waals surface area contributed by atoms with Gasteiger partial charge >= 0.3 is 13.9 Å². The number of fused-ring (bicyclic) bond motifs is 1. The van der Waals surface area contributed by atoms with Crippen LogP contribution < -0.4 is 9.88 Å². The predicted molar refractivity (Wildman–Crippen MR) is 192 cm³/mol. The van der Waals surface area contributed by atoms with Crippen molar-refractivity contribution in [2.75, 3.05) is 26.4 Å². The number of aromatic nitrogens is 1. The maximum Gasteiger partial charge on any atom is 0.472 e. The molecule has 9 nitrogen and oxygen atoms in total. The molecule has 2 aromatic rings. The third-order valence-corrected chi connectivity index (χ3v) is 10.4. The first kappa shape index (κ1) is 40.4. The fourth-order valence-electron chi connectivity index (χ4n) is 6.49. The van der Waals surface area contributed by atoms with E-state index in [4.69, 9.17) is 18.5 Å². The zero-order valence-corrected chi connectivity index (χ0v) is 31.0. The Kier molecular flexibility index (Phi) is 18.5. The molecule has 1 aromatic heterocycles. The highest BCUT2D eigenvalue weighted by molar-refractivity contribution is 7.47. The van der Waals surface area contributed by atoms with Gasteiger partial charge in [-0.05, 0) is 45.2 Å². The Morgan fingerprint density at radius 2 is 1.35 bits per heavy atom. The number of nitrogens with zero attached hydrogens (tertiary/aromatic N) is 1. The summed E-state index contributed by atoms with van der Waals surface area (Å²) in [4.78, 5) is 22.6. The van der Waals surface area contributed by atoms with Crippen LogP contribution in [0, 0.1) is 0 Å². The summed E-state index contributed by atoms with van der Waals surface area (Å²) in [6.45, 7) is 7.01. The van der Waals surface area contributed by atoms with Crippen molar-refractivity contribution >= 4 is 24.8 Å². The molecule has 0 aliphatic carbocycles. The molecule has 3 atom stereocenters. The van der Waals surface area contributed by atoms with Crippen LogP contribution in [-0.2, 0) is 29.6 Å². The minimum absolute atomic E-state index is 0.0180. The lowest BCUT2D eigenvalue weighted by Crippen LogP contribution is -2.39. The topological polar surface area (TPSA) is 107 Å². The number of pyridine rings is 1. The van der Waals surface area contributed by atoms with Crippen LogP contribution in [-0.4, -0.2) is 48.6 Å². The van der Waals surface area contributed by atoms with Gasteiger partial charge in [-0.2, -0.15) is 4.57 Å². The first-order valence-corrected chi connectivity index (χ1v) is 20.2. The van der Waals surface area contributed by atoms with Crippen molar-refractivity contribution in [3.05, 3.63) is 42.6 Å². The number of phosphoric ester groups is 1. The quantitative estimate of drug-likeness (QED) is 0.0575. The lowest BCUT2D eigenvalue weighted by molar-refractivity contribution is -0.672. The molecule has 1 saturated heterocycles. The standard InChI is InChI=1S/C38H63N2O7P/c1-4-5-6-7-8-9-10-11-12-13-14-15-16-17-18-21-28-39-36(41)44-32-37(2)26-27-38(3,47-37)33-46-48(42,43)45-31-30-40-29-22-24-34-23-19-20-25-35(34)40/h19-20,22-25,29H,4-18,21,26-28,30-33H2,1-3H3,(H-,39,41,42,43)/p+1/t37-,38+/m1/s1. The molecule has 1 amide bonds. The van der Waals surface area contributed by atoms with Gasteiger partial charge in [-0.3, -0.25) is 9.05 Å². The lowest BCUT2D eigenvalue weighted by atomic mass is 9.99. The van der Waals surface area contributed by atoms with E-state index in [0.717, 1.165) is 23.7 Å². The number of hydrogen-bond donors (Lipinski definition) is 2. The fraction of sp³-hybridized carbons (Fsp3) is 0.737. The molecule has 0 bridgehead atoms. The molecule has 0 spiro atoms. The number of unbranched alkanes of at least 4 members (excludes halogenated alkanes) is 15. The second kappa shape index (κ2) is 21.9. The summed E-state index contributed by atoms with van der Waals surface area (Å²) in [5, 5.41) is 3.93. The number of nitrogens with one attached hydrogen (secondary N) is 1. The van der Waals surface area contributed by atoms with E-state index in [1.807, 2.05) is 61.0 Å². The van der Waals surface area contributed by atoms with E-state index in [2.05, 4.69) is 12.2 Å². The van der Waals surface area contributed by atoms with Gasteiger partial charge in [0.25, 0.3) is 0 Å². The number of ether oxygens (including phenoxy) is 2. The molecule has 1 unspecified atom stereocenters. The van der Waals surface area contributed by atoms with Crippen LogP contribution >= 0.6 is 7.82 Å². The average molecular weight is 692 g/mol. The number of hydrogen-bond acceptors (Lipinski definition) is 6. The Morgan fingerprint density at radius 3 is 1.98 bits per heavy atom. The molecule has 1 aromatic carbocycles. The van der Waals surface area contributed by atoms with E-state index in [9.17, 15) is 14.3 Å². The molecule has 3 rings (SSSR count). The van der Waals surface area contributed by atoms with E-state index < -0.39 is 25.1 Å². The highest BCUT2D eigenvalue weighted by Crippen LogP contribution is 2.46. The highest BCUT2D eigenvalue weighted by atomic mass is 31.2. The van der Waals surface area contributed by atoms with Gasteiger partial charge in [0, 0.05) is 24.1 Å². The normalized spacial score (nSPS) is 20.6. The first-order chi connectivity index (χ1) is 23.1. The van der Waals surface area contributed by atoms with Crippen LogP contribution in [0.5, 0.6) is 0 Å². The van der Waals surface area contributed by atoms with Crippen molar-refractivity contribution in [2.45, 2.75) is 154 Å². The molecule has 10 heteroatoms. The second-order valence-corrected chi connectivity index (χ2v) is 15.6. The Labute approximate surface area is 290 Å². The van der Waals surface area contributed by atoms with Crippen LogP contribution in [0.15, 0.2) is 42.6 Å². The first-order valence-electron chi connectivity index (χ1n) is 18.7. The van der Waals surface area contributed by atoms with Gasteiger partial charge in [-0.25, -0.2) is 9.36 Å². The van der Waals surface area contributed by atoms with Crippen molar-refractivity contribution in [3.63, 3.8) is 0 Å². The Hall–Kier alpha value is -2.03. The van der Waals surface area contributed by atoms with Crippen molar-refractivity contribution in [1.29, 1.82) is 0 Å². The zero-order valence-electron chi connectivity index (χ0n) is 30.1. The summed E-state index contributed by atoms with van der Waals surface area (Å²) in [6, 6.07) is 11.9. The number of phosphoric acid groups is 1. The number of carbonyl (C=O) groups excluding carboxylic acids is 1. The molecular weight excluding hydrogens is 627 g/mol. The number of alkyl carbamates (subject to hydrolysis) is 1. The third-order valence-electron chi connectivity index (χ3n) is 9.39. The smallest absolute Gasteiger partial charge is 0.447 e. The van der Waals surface area contributed by atoms with Crippen molar-refractivity contribution in [3.8, 4) is 0 Å². The number of amides is 1. The van der Waals surface area contributed by atoms with Gasteiger partial charge < -0.3 is 19.7 Å². The number of carbonyl (C=O) groups is 1. The molecule has 2 N–H and O–H groups in total. The van der Waals surface area contributed by atoms with Crippen LogP contribution in [0.3, 0.4) is 0 Å². The van der Waals surface area contributed by atoms with Gasteiger partial charge in [0.1, 0.15) is 18.8 Å². The third kappa shape index (κ3) is 16.1. The maximum atomic E-state index is 12.6. The minimum Gasteiger partial charge on any atom is -0.447 e. The minimum atomic E-state index is -4.28. The Bertz CT molecular complexity index is 1240.